The normalized spacial score (nSPS) is 8.50. The van der Waals surface area contributed by atoms with Crippen molar-refractivity contribution in [1.29, 1.82) is 5.26 Å². The van der Waals surface area contributed by atoms with Crippen LogP contribution in [-0.2, 0) is 0 Å². The van der Waals surface area contributed by atoms with Crippen molar-refractivity contribution in [1.82, 2.24) is 0 Å². The number of nitrogens with zero attached hydrogens (tertiary/aromatic N) is 1. The Bertz CT molecular complexity index is 399. The molecule has 3 heteroatoms. The lowest BCUT2D eigenvalue weighted by molar-refractivity contribution is 0.331. The van der Waals surface area contributed by atoms with E-state index < -0.39 is 0 Å². The van der Waals surface area contributed by atoms with E-state index in [0.717, 1.165) is 0 Å². The maximum absolute atomic E-state index is 8.66. The quantitative estimate of drug-likeness (QED) is 0.674. The van der Waals surface area contributed by atoms with Gasteiger partial charge in [0.2, 0.25) is 0 Å². The Hall–Kier alpha value is -2.13. The largest absolute Gasteiger partial charge is 0.493 e. The van der Waals surface area contributed by atoms with Gasteiger partial charge in [-0.15, -0.1) is 6.42 Å². The smallest absolute Gasteiger partial charge is 0.163 e. The van der Waals surface area contributed by atoms with Gasteiger partial charge in [0.15, 0.2) is 11.5 Å². The van der Waals surface area contributed by atoms with Crippen molar-refractivity contribution in [2.45, 2.75) is 0 Å². The summed E-state index contributed by atoms with van der Waals surface area (Å²) in [6.07, 6.45) is 5.06. The Morgan fingerprint density at radius 3 is 2.79 bits per heavy atom. The summed E-state index contributed by atoms with van der Waals surface area (Å²) in [5, 5.41) is 8.66. The molecule has 0 unspecified atom stereocenters. The zero-order chi connectivity index (χ0) is 10.4. The first kappa shape index (κ1) is 9.95. The molecule has 0 aromatic heterocycles. The minimum absolute atomic E-state index is 0.158. The van der Waals surface area contributed by atoms with E-state index in [1.165, 1.54) is 7.11 Å². The van der Waals surface area contributed by atoms with Crippen molar-refractivity contribution < 1.29 is 9.47 Å². The van der Waals surface area contributed by atoms with E-state index in [-0.39, 0.29) is 6.61 Å². The molecule has 0 atom stereocenters. The van der Waals surface area contributed by atoms with E-state index in [1.807, 2.05) is 6.07 Å². The number of terminal acetylenes is 1. The van der Waals surface area contributed by atoms with E-state index in [4.69, 9.17) is 21.2 Å². The third-order valence-corrected chi connectivity index (χ3v) is 1.60. The Kier molecular flexibility index (Phi) is 3.41. The van der Waals surface area contributed by atoms with Gasteiger partial charge in [-0.25, -0.2) is 0 Å². The van der Waals surface area contributed by atoms with Crippen LogP contribution in [0.4, 0.5) is 0 Å². The van der Waals surface area contributed by atoms with Gasteiger partial charge in [0.25, 0.3) is 0 Å². The van der Waals surface area contributed by atoms with Gasteiger partial charge >= 0.3 is 0 Å². The lowest BCUT2D eigenvalue weighted by atomic mass is 10.2. The van der Waals surface area contributed by atoms with Gasteiger partial charge in [0, 0.05) is 6.07 Å². The van der Waals surface area contributed by atoms with Crippen LogP contribution in [0, 0.1) is 23.7 Å². The molecule has 70 valence electrons. The van der Waals surface area contributed by atoms with E-state index in [0.29, 0.717) is 17.1 Å². The standard InChI is InChI=1S/C11H9NO2/c1-3-6-14-11-7-9(8-12)4-5-10(11)13-2/h1,4-5,7H,6H2,2H3. The van der Waals surface area contributed by atoms with Crippen LogP contribution in [0.15, 0.2) is 18.2 Å². The first-order valence-corrected chi connectivity index (χ1v) is 3.96. The Balaban J connectivity index is 2.98. The van der Waals surface area contributed by atoms with Crippen molar-refractivity contribution in [3.05, 3.63) is 23.8 Å². The number of hydrogen-bond donors (Lipinski definition) is 0. The van der Waals surface area contributed by atoms with Gasteiger partial charge < -0.3 is 9.47 Å². The van der Waals surface area contributed by atoms with Gasteiger partial charge in [-0.3, -0.25) is 0 Å². The lowest BCUT2D eigenvalue weighted by Gasteiger charge is -2.08. The number of ether oxygens (including phenoxy) is 2. The summed E-state index contributed by atoms with van der Waals surface area (Å²) in [6.45, 7) is 0.158. The molecule has 0 saturated carbocycles. The highest BCUT2D eigenvalue weighted by Gasteiger charge is 2.04. The number of rotatable bonds is 3. The Labute approximate surface area is 82.9 Å². The van der Waals surface area contributed by atoms with Crippen LogP contribution in [-0.4, -0.2) is 13.7 Å². The van der Waals surface area contributed by atoms with Crippen LogP contribution in [0.5, 0.6) is 11.5 Å². The fourth-order valence-electron chi connectivity index (χ4n) is 0.978. The van der Waals surface area contributed by atoms with Gasteiger partial charge in [0.1, 0.15) is 6.61 Å². The fourth-order valence-corrected chi connectivity index (χ4v) is 0.978. The van der Waals surface area contributed by atoms with E-state index >= 15 is 0 Å². The summed E-state index contributed by atoms with van der Waals surface area (Å²) in [5.41, 5.74) is 0.512. The molecule has 0 spiro atoms. The Morgan fingerprint density at radius 2 is 2.21 bits per heavy atom. The maximum atomic E-state index is 8.66. The van der Waals surface area contributed by atoms with E-state index in [9.17, 15) is 0 Å². The van der Waals surface area contributed by atoms with Crippen molar-refractivity contribution in [2.75, 3.05) is 13.7 Å². The van der Waals surface area contributed by atoms with Crippen molar-refractivity contribution in [3.63, 3.8) is 0 Å². The lowest BCUT2D eigenvalue weighted by Crippen LogP contribution is -1.96. The molecule has 0 bridgehead atoms. The highest BCUT2D eigenvalue weighted by Crippen LogP contribution is 2.27. The minimum atomic E-state index is 0.158. The summed E-state index contributed by atoms with van der Waals surface area (Å²) in [6, 6.07) is 6.93. The van der Waals surface area contributed by atoms with Crippen LogP contribution in [0.2, 0.25) is 0 Å². The second-order valence-corrected chi connectivity index (χ2v) is 2.47. The zero-order valence-electron chi connectivity index (χ0n) is 7.78. The number of methoxy groups -OCH3 is 1. The molecule has 1 aromatic carbocycles. The average molecular weight is 187 g/mol. The SMILES string of the molecule is C#CCOc1cc(C#N)ccc1OC. The molecule has 1 rings (SSSR count). The van der Waals surface area contributed by atoms with Gasteiger partial charge in [-0.05, 0) is 12.1 Å². The van der Waals surface area contributed by atoms with Gasteiger partial charge in [-0.2, -0.15) is 5.26 Å². The fraction of sp³-hybridized carbons (Fsp3) is 0.182. The molecular formula is C11H9NO2. The third-order valence-electron chi connectivity index (χ3n) is 1.60. The van der Waals surface area contributed by atoms with Crippen LogP contribution < -0.4 is 9.47 Å². The number of nitriles is 1. The second-order valence-electron chi connectivity index (χ2n) is 2.47. The van der Waals surface area contributed by atoms with Crippen LogP contribution >= 0.6 is 0 Å². The number of hydrogen-bond acceptors (Lipinski definition) is 3. The number of benzene rings is 1. The summed E-state index contributed by atoms with van der Waals surface area (Å²) >= 11 is 0. The third kappa shape index (κ3) is 2.18. The van der Waals surface area contributed by atoms with E-state index in [2.05, 4.69) is 5.92 Å². The van der Waals surface area contributed by atoms with Crippen molar-refractivity contribution in [2.24, 2.45) is 0 Å². The summed E-state index contributed by atoms with van der Waals surface area (Å²) in [7, 11) is 1.53. The first-order valence-electron chi connectivity index (χ1n) is 3.96. The summed E-state index contributed by atoms with van der Waals surface area (Å²) in [4.78, 5) is 0. The van der Waals surface area contributed by atoms with Crippen LogP contribution in [0.1, 0.15) is 5.56 Å². The molecule has 3 nitrogen and oxygen atoms in total. The van der Waals surface area contributed by atoms with Crippen molar-refractivity contribution in [3.8, 4) is 29.9 Å². The van der Waals surface area contributed by atoms with Crippen LogP contribution in [0.25, 0.3) is 0 Å². The van der Waals surface area contributed by atoms with Crippen molar-refractivity contribution >= 4 is 0 Å². The van der Waals surface area contributed by atoms with Gasteiger partial charge in [0.05, 0.1) is 18.7 Å². The molecule has 0 heterocycles. The predicted octanol–water partition coefficient (Wildman–Crippen LogP) is 1.58. The highest BCUT2D eigenvalue weighted by atomic mass is 16.5. The molecule has 0 amide bonds. The van der Waals surface area contributed by atoms with E-state index in [1.54, 1.807) is 18.2 Å². The molecule has 0 fully saturated rings. The molecule has 0 aliphatic carbocycles. The summed E-state index contributed by atoms with van der Waals surface area (Å²) < 4.78 is 10.2. The molecule has 0 radical (unpaired) electrons. The molecular weight excluding hydrogens is 178 g/mol. The molecule has 14 heavy (non-hydrogen) atoms. The minimum Gasteiger partial charge on any atom is -0.493 e. The topological polar surface area (TPSA) is 42.2 Å². The van der Waals surface area contributed by atoms with Crippen LogP contribution in [0.3, 0.4) is 0 Å². The molecule has 0 saturated heterocycles. The molecule has 1 aromatic rings. The second kappa shape index (κ2) is 4.79. The molecule has 0 N–H and O–H groups in total. The first-order chi connectivity index (χ1) is 6.81. The monoisotopic (exact) mass is 187 g/mol. The molecule has 0 aliphatic rings. The maximum Gasteiger partial charge on any atom is 0.163 e. The Morgan fingerprint density at radius 1 is 1.43 bits per heavy atom. The highest BCUT2D eigenvalue weighted by molar-refractivity contribution is 5.46. The average Bonchev–Trinajstić information content (AvgIpc) is 2.25. The van der Waals surface area contributed by atoms with Gasteiger partial charge in [-0.1, -0.05) is 5.92 Å². The zero-order valence-corrected chi connectivity index (χ0v) is 7.78. The predicted molar refractivity (Wildman–Crippen MR) is 52.0 cm³/mol. The summed E-state index contributed by atoms with van der Waals surface area (Å²) in [5.74, 6) is 3.40. The molecule has 0 aliphatic heterocycles.